The van der Waals surface area contributed by atoms with Crippen molar-refractivity contribution >= 4 is 26.0 Å². The van der Waals surface area contributed by atoms with Crippen LogP contribution in [-0.4, -0.2) is 21.8 Å². The number of methoxy groups -OCH3 is 1. The fourth-order valence-electron chi connectivity index (χ4n) is 0.959. The van der Waals surface area contributed by atoms with Crippen molar-refractivity contribution in [3.63, 3.8) is 0 Å². The topological polar surface area (TPSA) is 52.6 Å². The van der Waals surface area contributed by atoms with E-state index in [0.717, 1.165) is 16.3 Å². The molecule has 0 aliphatic carbocycles. The van der Waals surface area contributed by atoms with Gasteiger partial charge in [0.15, 0.2) is 0 Å². The maximum atomic E-state index is 10.8. The number of benzene rings is 1. The van der Waals surface area contributed by atoms with Gasteiger partial charge in [-0.15, -0.1) is 0 Å². The highest BCUT2D eigenvalue weighted by molar-refractivity contribution is 9.10. The lowest BCUT2D eigenvalue weighted by atomic mass is 10.2. The van der Waals surface area contributed by atoms with Crippen molar-refractivity contribution in [2.45, 2.75) is 6.61 Å². The summed E-state index contributed by atoms with van der Waals surface area (Å²) in [4.78, 5) is 0. The van der Waals surface area contributed by atoms with Crippen LogP contribution in [0.3, 0.4) is 0 Å². The lowest BCUT2D eigenvalue weighted by Gasteiger charge is -2.06. The first-order chi connectivity index (χ1) is 6.92. The average Bonchev–Trinajstić information content (AvgIpc) is 2.15. The van der Waals surface area contributed by atoms with Crippen molar-refractivity contribution in [2.24, 2.45) is 0 Å². The zero-order chi connectivity index (χ0) is 11.5. The van der Waals surface area contributed by atoms with E-state index in [0.29, 0.717) is 5.75 Å². The van der Waals surface area contributed by atoms with Gasteiger partial charge in [-0.3, -0.25) is 4.18 Å². The second-order valence-electron chi connectivity index (χ2n) is 2.92. The van der Waals surface area contributed by atoms with Crippen molar-refractivity contribution in [2.75, 3.05) is 13.4 Å². The van der Waals surface area contributed by atoms with Gasteiger partial charge in [-0.2, -0.15) is 8.42 Å². The molecule has 0 bridgehead atoms. The number of ether oxygens (including phenoxy) is 1. The lowest BCUT2D eigenvalue weighted by molar-refractivity contribution is 0.310. The van der Waals surface area contributed by atoms with Crippen LogP contribution in [0.2, 0.25) is 0 Å². The average molecular weight is 295 g/mol. The number of hydrogen-bond acceptors (Lipinski definition) is 4. The minimum absolute atomic E-state index is 0.00336. The molecule has 0 atom stereocenters. The molecule has 0 heterocycles. The monoisotopic (exact) mass is 294 g/mol. The summed E-state index contributed by atoms with van der Waals surface area (Å²) in [7, 11) is -1.87. The predicted octanol–water partition coefficient (Wildman–Crippen LogP) is 1.93. The van der Waals surface area contributed by atoms with Crippen LogP contribution in [0.15, 0.2) is 22.7 Å². The zero-order valence-corrected chi connectivity index (χ0v) is 10.8. The Morgan fingerprint density at radius 2 is 2.07 bits per heavy atom. The first-order valence-corrected chi connectivity index (χ1v) is 6.70. The van der Waals surface area contributed by atoms with Crippen LogP contribution in [0.1, 0.15) is 5.56 Å². The van der Waals surface area contributed by atoms with Crippen molar-refractivity contribution in [3.8, 4) is 5.75 Å². The molecule has 0 N–H and O–H groups in total. The standard InChI is InChI=1S/C9H11BrO4S/c1-13-8-3-4-9(10)7(5-8)6-14-15(2,11)12/h3-5H,6H2,1-2H3. The molecule has 0 aliphatic rings. The molecule has 6 heteroatoms. The molecule has 1 aromatic carbocycles. The molecule has 0 radical (unpaired) electrons. The third kappa shape index (κ3) is 4.19. The summed E-state index contributed by atoms with van der Waals surface area (Å²) >= 11 is 3.30. The van der Waals surface area contributed by atoms with Crippen LogP contribution >= 0.6 is 15.9 Å². The second kappa shape index (κ2) is 4.96. The minimum Gasteiger partial charge on any atom is -0.497 e. The quantitative estimate of drug-likeness (QED) is 0.797. The van der Waals surface area contributed by atoms with Crippen LogP contribution in [0.25, 0.3) is 0 Å². The third-order valence-corrected chi connectivity index (χ3v) is 3.00. The molecule has 0 spiro atoms. The van der Waals surface area contributed by atoms with Gasteiger partial charge in [0.1, 0.15) is 5.75 Å². The molecular formula is C9H11BrO4S. The zero-order valence-electron chi connectivity index (χ0n) is 8.36. The van der Waals surface area contributed by atoms with E-state index >= 15 is 0 Å². The van der Waals surface area contributed by atoms with Gasteiger partial charge >= 0.3 is 0 Å². The van der Waals surface area contributed by atoms with E-state index in [4.69, 9.17) is 4.74 Å². The Kier molecular flexibility index (Phi) is 4.12. The third-order valence-electron chi connectivity index (χ3n) is 1.68. The fourth-order valence-corrected chi connectivity index (χ4v) is 1.66. The van der Waals surface area contributed by atoms with Gasteiger partial charge in [0.2, 0.25) is 0 Å². The number of halogens is 1. The Morgan fingerprint density at radius 1 is 1.40 bits per heavy atom. The summed E-state index contributed by atoms with van der Waals surface area (Å²) in [6.07, 6.45) is 1.01. The molecule has 0 saturated carbocycles. The maximum absolute atomic E-state index is 10.8. The van der Waals surface area contributed by atoms with Crippen LogP contribution < -0.4 is 4.74 Å². The first-order valence-electron chi connectivity index (χ1n) is 4.09. The normalized spacial score (nSPS) is 11.4. The van der Waals surface area contributed by atoms with E-state index in [9.17, 15) is 8.42 Å². The van der Waals surface area contributed by atoms with Crippen molar-refractivity contribution < 1.29 is 17.3 Å². The van der Waals surface area contributed by atoms with Gasteiger partial charge in [-0.1, -0.05) is 15.9 Å². The molecule has 4 nitrogen and oxygen atoms in total. The highest BCUT2D eigenvalue weighted by Crippen LogP contribution is 2.23. The van der Waals surface area contributed by atoms with E-state index in [1.54, 1.807) is 25.3 Å². The summed E-state index contributed by atoms with van der Waals surface area (Å²) in [6, 6.07) is 5.27. The second-order valence-corrected chi connectivity index (χ2v) is 5.42. The molecule has 0 fully saturated rings. The van der Waals surface area contributed by atoms with Gasteiger partial charge in [0.25, 0.3) is 10.1 Å². The van der Waals surface area contributed by atoms with Gasteiger partial charge in [0.05, 0.1) is 20.0 Å². The Bertz CT molecular complexity index is 441. The van der Waals surface area contributed by atoms with Crippen molar-refractivity contribution in [1.29, 1.82) is 0 Å². The predicted molar refractivity (Wildman–Crippen MR) is 60.3 cm³/mol. The summed E-state index contributed by atoms with van der Waals surface area (Å²) in [5, 5.41) is 0. The lowest BCUT2D eigenvalue weighted by Crippen LogP contribution is -2.03. The molecule has 0 saturated heterocycles. The molecule has 0 amide bonds. The van der Waals surface area contributed by atoms with Gasteiger partial charge in [-0.05, 0) is 23.8 Å². The number of rotatable bonds is 4. The molecule has 1 rings (SSSR count). The summed E-state index contributed by atoms with van der Waals surface area (Å²) < 4.78 is 32.1. The SMILES string of the molecule is COc1ccc(Br)c(COS(C)(=O)=O)c1. The smallest absolute Gasteiger partial charge is 0.264 e. The van der Waals surface area contributed by atoms with Gasteiger partial charge in [0, 0.05) is 4.47 Å². The minimum atomic E-state index is -3.42. The molecule has 84 valence electrons. The van der Waals surface area contributed by atoms with Crippen molar-refractivity contribution in [1.82, 2.24) is 0 Å². The Labute approximate surface area is 97.5 Å². The van der Waals surface area contributed by atoms with Gasteiger partial charge in [-0.25, -0.2) is 0 Å². The van der Waals surface area contributed by atoms with E-state index in [2.05, 4.69) is 20.1 Å². The van der Waals surface area contributed by atoms with Crippen LogP contribution in [0.5, 0.6) is 5.75 Å². The molecular weight excluding hydrogens is 284 g/mol. The van der Waals surface area contributed by atoms with Crippen molar-refractivity contribution in [3.05, 3.63) is 28.2 Å². The molecule has 1 aromatic rings. The van der Waals surface area contributed by atoms with E-state index in [1.807, 2.05) is 0 Å². The fraction of sp³-hybridized carbons (Fsp3) is 0.333. The Balaban J connectivity index is 2.84. The van der Waals surface area contributed by atoms with E-state index in [1.165, 1.54) is 0 Å². The molecule has 15 heavy (non-hydrogen) atoms. The highest BCUT2D eigenvalue weighted by atomic mass is 79.9. The highest BCUT2D eigenvalue weighted by Gasteiger charge is 2.06. The summed E-state index contributed by atoms with van der Waals surface area (Å²) in [5.41, 5.74) is 0.722. The van der Waals surface area contributed by atoms with E-state index < -0.39 is 10.1 Å². The Hall–Kier alpha value is -0.590. The molecule has 0 aromatic heterocycles. The van der Waals surface area contributed by atoms with Gasteiger partial charge < -0.3 is 4.74 Å². The largest absolute Gasteiger partial charge is 0.497 e. The van der Waals surface area contributed by atoms with Crippen LogP contribution in [0, 0.1) is 0 Å². The molecule has 0 aliphatic heterocycles. The number of hydrogen-bond donors (Lipinski definition) is 0. The summed E-state index contributed by atoms with van der Waals surface area (Å²) in [6.45, 7) is -0.00336. The summed E-state index contributed by atoms with van der Waals surface area (Å²) in [5.74, 6) is 0.658. The molecule has 0 unspecified atom stereocenters. The first kappa shape index (κ1) is 12.5. The Morgan fingerprint density at radius 3 is 2.60 bits per heavy atom. The van der Waals surface area contributed by atoms with E-state index in [-0.39, 0.29) is 6.61 Å². The maximum Gasteiger partial charge on any atom is 0.264 e. The van der Waals surface area contributed by atoms with Crippen LogP contribution in [0.4, 0.5) is 0 Å². The van der Waals surface area contributed by atoms with Crippen LogP contribution in [-0.2, 0) is 20.9 Å².